The van der Waals surface area contributed by atoms with Crippen LogP contribution in [0.5, 0.6) is 0 Å². The van der Waals surface area contributed by atoms with E-state index in [9.17, 15) is 0 Å². The Balaban J connectivity index is 0.941. The predicted octanol–water partition coefficient (Wildman–Crippen LogP) is 17.4. The molecule has 0 radical (unpaired) electrons. The van der Waals surface area contributed by atoms with Crippen LogP contribution in [0.2, 0.25) is 32.7 Å². The van der Waals surface area contributed by atoms with Crippen molar-refractivity contribution in [2.45, 2.75) is 52.0 Å². The van der Waals surface area contributed by atoms with E-state index in [1.54, 1.807) is 0 Å². The fraction of sp³-hybridized carbons (Fsp3) is 0.118. The number of fused-ring (bicyclic) bond motifs is 9. The quantitative estimate of drug-likeness (QED) is 0.111. The Morgan fingerprint density at radius 1 is 0.347 bits per heavy atom. The minimum absolute atomic E-state index is 0.0963. The van der Waals surface area contributed by atoms with Gasteiger partial charge in [0.05, 0.1) is 8.07 Å². The lowest BCUT2D eigenvalue weighted by molar-refractivity contribution is 0.660. The van der Waals surface area contributed by atoms with Gasteiger partial charge in [-0.15, -0.1) is 0 Å². The Morgan fingerprint density at radius 3 is 1.53 bits per heavy atom. The number of nitrogens with zero attached hydrogens (tertiary/aromatic N) is 2. The third-order valence-corrected chi connectivity index (χ3v) is 21.8. The monoisotopic (exact) mass is 958 g/mol. The minimum atomic E-state index is -2.26. The molecule has 11 aromatic rings. The summed E-state index contributed by atoms with van der Waals surface area (Å²) in [5, 5.41) is 12.4. The van der Waals surface area contributed by atoms with Crippen LogP contribution in [0.4, 0.5) is 34.1 Å². The molecule has 0 aromatic heterocycles. The molecule has 13 rings (SSSR count). The number of rotatable bonds is 8. The molecule has 0 atom stereocenters. The highest BCUT2D eigenvalue weighted by molar-refractivity contribution is 7.03. The van der Waals surface area contributed by atoms with Crippen molar-refractivity contribution in [2.75, 3.05) is 9.80 Å². The summed E-state index contributed by atoms with van der Waals surface area (Å²) in [6.45, 7) is 17.1. The third kappa shape index (κ3) is 6.87. The Labute approximate surface area is 426 Å². The van der Waals surface area contributed by atoms with E-state index >= 15 is 0 Å². The fourth-order valence-electron chi connectivity index (χ4n) is 12.4. The van der Waals surface area contributed by atoms with Crippen molar-refractivity contribution in [3.8, 4) is 33.4 Å². The van der Waals surface area contributed by atoms with Crippen molar-refractivity contribution in [3.05, 3.63) is 236 Å². The lowest BCUT2D eigenvalue weighted by Gasteiger charge is -2.36. The van der Waals surface area contributed by atoms with Crippen LogP contribution in [0.1, 0.15) is 25.0 Å². The molecule has 0 N–H and O–H groups in total. The van der Waals surface area contributed by atoms with Crippen LogP contribution >= 0.6 is 0 Å². The summed E-state index contributed by atoms with van der Waals surface area (Å²) in [4.78, 5) is 4.86. The van der Waals surface area contributed by atoms with Gasteiger partial charge in [-0.25, -0.2) is 0 Å². The molecular formula is C68H58N2Si2. The molecule has 0 bridgehead atoms. The average molecular weight is 959 g/mol. The lowest BCUT2D eigenvalue weighted by Crippen LogP contribution is -2.56. The standard InChI is InChI=1S/C68H58N2Si2/c1-68(2)63-27-17-16-25-55(63)56-39-35-50(41-64(56)68)70(47-21-12-9-13-22-47)51-36-40-57-62-44-60-54-24-15-14-23-53(54)59(43-61(60)58-26-18-28-65(67(58)62)72(6,7)66(57)42-51)45-29-31-48(32-30-45)69(46-19-10-8-11-20-46)49-33-37-52(38-34-49)71(3,4)5/h8-44H,1-7H3. The van der Waals surface area contributed by atoms with Crippen LogP contribution in [-0.2, 0) is 5.41 Å². The van der Waals surface area contributed by atoms with E-state index in [0.717, 1.165) is 17.1 Å². The highest BCUT2D eigenvalue weighted by Crippen LogP contribution is 2.51. The Hall–Kier alpha value is -7.77. The van der Waals surface area contributed by atoms with Crippen LogP contribution in [0.15, 0.2) is 224 Å². The highest BCUT2D eigenvalue weighted by Gasteiger charge is 2.38. The molecule has 0 saturated heterocycles. The van der Waals surface area contributed by atoms with E-state index in [4.69, 9.17) is 0 Å². The van der Waals surface area contributed by atoms with Crippen molar-refractivity contribution in [1.82, 2.24) is 0 Å². The average Bonchev–Trinajstić information content (AvgIpc) is 3.64. The first-order valence-corrected chi connectivity index (χ1v) is 32.1. The number of para-hydroxylation sites is 2. The summed E-state index contributed by atoms with van der Waals surface area (Å²) >= 11 is 0. The Kier molecular flexibility index (Phi) is 10.1. The normalized spacial score (nSPS) is 14.0. The van der Waals surface area contributed by atoms with E-state index in [2.05, 4.69) is 281 Å². The number of hydrogen-bond acceptors (Lipinski definition) is 2. The number of hydrogen-bond donors (Lipinski definition) is 0. The molecule has 1 aliphatic carbocycles. The SMILES string of the molecule is CC1(C)c2ccccc2-c2ccc(N(c3ccccc3)c3ccc4c(c3)[Si](C)(C)c3cccc5c3c-4cc3c4ccccc4c(-c4ccc(N(c6ccccc6)c6ccc([Si](C)(C)C)cc6)cc4)cc53)cc21. The van der Waals surface area contributed by atoms with Crippen molar-refractivity contribution in [1.29, 1.82) is 0 Å². The van der Waals surface area contributed by atoms with Gasteiger partial charge in [-0.2, -0.15) is 0 Å². The van der Waals surface area contributed by atoms with Gasteiger partial charge in [0.1, 0.15) is 8.07 Å². The van der Waals surface area contributed by atoms with Crippen molar-refractivity contribution < 1.29 is 0 Å². The Bertz CT molecular complexity index is 3940. The zero-order chi connectivity index (χ0) is 49.1. The molecule has 0 unspecified atom stereocenters. The maximum absolute atomic E-state index is 2.56. The highest BCUT2D eigenvalue weighted by atomic mass is 28.3. The number of anilines is 6. The molecule has 1 aliphatic heterocycles. The lowest BCUT2D eigenvalue weighted by atomic mass is 9.82. The predicted molar refractivity (Wildman–Crippen MR) is 316 cm³/mol. The molecule has 348 valence electrons. The van der Waals surface area contributed by atoms with Gasteiger partial charge in [0.15, 0.2) is 0 Å². The molecule has 0 fully saturated rings. The number of benzene rings is 11. The molecule has 0 amide bonds. The summed E-state index contributed by atoms with van der Waals surface area (Å²) in [6, 6.07) is 84.8. The zero-order valence-electron chi connectivity index (χ0n) is 42.3. The summed E-state index contributed by atoms with van der Waals surface area (Å²) < 4.78 is 0. The largest absolute Gasteiger partial charge is 0.311 e. The van der Waals surface area contributed by atoms with Gasteiger partial charge in [-0.3, -0.25) is 0 Å². The smallest absolute Gasteiger partial charge is 0.113 e. The van der Waals surface area contributed by atoms with E-state index in [1.807, 2.05) is 0 Å². The van der Waals surface area contributed by atoms with Gasteiger partial charge in [0.2, 0.25) is 0 Å². The van der Waals surface area contributed by atoms with Crippen LogP contribution < -0.4 is 25.4 Å². The van der Waals surface area contributed by atoms with Crippen LogP contribution in [0, 0.1) is 0 Å². The second kappa shape index (κ2) is 16.4. The Morgan fingerprint density at radius 2 is 0.847 bits per heavy atom. The third-order valence-electron chi connectivity index (χ3n) is 16.2. The first-order chi connectivity index (χ1) is 34.9. The fourth-order valence-corrected chi connectivity index (χ4v) is 16.6. The molecular weight excluding hydrogens is 901 g/mol. The summed E-state index contributed by atoms with van der Waals surface area (Å²) in [7, 11) is -3.70. The minimum Gasteiger partial charge on any atom is -0.311 e. The van der Waals surface area contributed by atoms with Gasteiger partial charge >= 0.3 is 0 Å². The molecule has 72 heavy (non-hydrogen) atoms. The molecule has 2 aliphatic rings. The van der Waals surface area contributed by atoms with Gasteiger partial charge in [-0.1, -0.05) is 191 Å². The van der Waals surface area contributed by atoms with Crippen LogP contribution in [0.25, 0.3) is 65.7 Å². The van der Waals surface area contributed by atoms with Gasteiger partial charge in [0.25, 0.3) is 0 Å². The van der Waals surface area contributed by atoms with Gasteiger partial charge in [0, 0.05) is 39.5 Å². The molecule has 2 nitrogen and oxygen atoms in total. The molecule has 1 heterocycles. The van der Waals surface area contributed by atoms with Crippen molar-refractivity contribution >= 4 is 98.1 Å². The zero-order valence-corrected chi connectivity index (χ0v) is 44.3. The first kappa shape index (κ1) is 44.2. The summed E-state index contributed by atoms with van der Waals surface area (Å²) in [5.41, 5.74) is 17.5. The summed E-state index contributed by atoms with van der Waals surface area (Å²) in [5.74, 6) is 0. The van der Waals surface area contributed by atoms with Crippen LogP contribution in [-0.4, -0.2) is 16.1 Å². The molecule has 4 heteroatoms. The molecule has 11 aromatic carbocycles. The second-order valence-corrected chi connectivity index (χ2v) is 31.6. The van der Waals surface area contributed by atoms with Gasteiger partial charge in [-0.05, 0) is 172 Å². The van der Waals surface area contributed by atoms with E-state index in [-0.39, 0.29) is 5.41 Å². The second-order valence-electron chi connectivity index (χ2n) is 22.2. The first-order valence-electron chi connectivity index (χ1n) is 25.6. The maximum Gasteiger partial charge on any atom is 0.113 e. The van der Waals surface area contributed by atoms with Crippen LogP contribution in [0.3, 0.4) is 0 Å². The van der Waals surface area contributed by atoms with Crippen molar-refractivity contribution in [3.63, 3.8) is 0 Å². The maximum atomic E-state index is 2.56. The van der Waals surface area contributed by atoms with E-state index < -0.39 is 16.1 Å². The van der Waals surface area contributed by atoms with Crippen molar-refractivity contribution in [2.24, 2.45) is 0 Å². The van der Waals surface area contributed by atoms with E-state index in [1.165, 1.54) is 109 Å². The van der Waals surface area contributed by atoms with E-state index in [0.29, 0.717) is 0 Å². The summed E-state index contributed by atoms with van der Waals surface area (Å²) in [6.07, 6.45) is 0. The molecule has 0 saturated carbocycles. The van der Waals surface area contributed by atoms with Gasteiger partial charge < -0.3 is 9.80 Å². The molecule has 0 spiro atoms. The topological polar surface area (TPSA) is 6.48 Å².